The topological polar surface area (TPSA) is 81.4 Å². The SMILES string of the molecule is C[C@H](Oc1ccc(Br)cc1Cl)C(=O)NC(N)=O. The van der Waals surface area contributed by atoms with Gasteiger partial charge in [-0.25, -0.2) is 4.79 Å². The smallest absolute Gasteiger partial charge is 0.318 e. The van der Waals surface area contributed by atoms with Crippen molar-refractivity contribution in [1.82, 2.24) is 5.32 Å². The zero-order chi connectivity index (χ0) is 13.0. The van der Waals surface area contributed by atoms with Crippen LogP contribution in [0.3, 0.4) is 0 Å². The first-order chi connectivity index (χ1) is 7.90. The van der Waals surface area contributed by atoms with Gasteiger partial charge in [-0.3, -0.25) is 10.1 Å². The van der Waals surface area contributed by atoms with E-state index in [9.17, 15) is 9.59 Å². The Bertz CT molecular complexity index is 453. The van der Waals surface area contributed by atoms with Gasteiger partial charge >= 0.3 is 6.03 Å². The van der Waals surface area contributed by atoms with Gasteiger partial charge in [0.25, 0.3) is 5.91 Å². The molecule has 5 nitrogen and oxygen atoms in total. The second-order valence-corrected chi connectivity index (χ2v) is 4.51. The molecule has 7 heteroatoms. The van der Waals surface area contributed by atoms with Gasteiger partial charge in [0.1, 0.15) is 5.75 Å². The molecule has 0 saturated carbocycles. The molecule has 0 heterocycles. The predicted octanol–water partition coefficient (Wildman–Crippen LogP) is 2.06. The van der Waals surface area contributed by atoms with Gasteiger partial charge in [-0.2, -0.15) is 0 Å². The van der Waals surface area contributed by atoms with Gasteiger partial charge in [0.15, 0.2) is 6.10 Å². The van der Waals surface area contributed by atoms with E-state index in [1.165, 1.54) is 6.92 Å². The van der Waals surface area contributed by atoms with Crippen LogP contribution in [0, 0.1) is 0 Å². The number of hydrogen-bond acceptors (Lipinski definition) is 3. The summed E-state index contributed by atoms with van der Waals surface area (Å²) < 4.78 is 6.09. The highest BCUT2D eigenvalue weighted by atomic mass is 79.9. The standard InChI is InChI=1S/C10H10BrClN2O3/c1-5(9(15)14-10(13)16)17-8-3-2-6(11)4-7(8)12/h2-5H,1H3,(H3,13,14,15,16)/t5-/m0/s1. The van der Waals surface area contributed by atoms with Crippen molar-refractivity contribution in [1.29, 1.82) is 0 Å². The second-order valence-electron chi connectivity index (χ2n) is 3.19. The predicted molar refractivity (Wildman–Crippen MR) is 67.0 cm³/mol. The number of ether oxygens (including phenoxy) is 1. The van der Waals surface area contributed by atoms with Gasteiger partial charge < -0.3 is 10.5 Å². The van der Waals surface area contributed by atoms with E-state index in [-0.39, 0.29) is 0 Å². The number of hydrogen-bond donors (Lipinski definition) is 2. The van der Waals surface area contributed by atoms with E-state index in [1.54, 1.807) is 18.2 Å². The number of benzene rings is 1. The fourth-order valence-corrected chi connectivity index (χ4v) is 1.76. The van der Waals surface area contributed by atoms with Crippen molar-refractivity contribution < 1.29 is 14.3 Å². The zero-order valence-corrected chi connectivity index (χ0v) is 11.2. The molecule has 0 aliphatic carbocycles. The van der Waals surface area contributed by atoms with Crippen LogP contribution in [0.25, 0.3) is 0 Å². The number of amides is 3. The molecule has 3 amide bonds. The monoisotopic (exact) mass is 320 g/mol. The molecule has 17 heavy (non-hydrogen) atoms. The molecular formula is C10H10BrClN2O3. The maximum absolute atomic E-state index is 11.3. The number of urea groups is 1. The van der Waals surface area contributed by atoms with Crippen molar-refractivity contribution in [2.24, 2.45) is 5.73 Å². The Kier molecular flexibility index (Phi) is 4.77. The average molecular weight is 322 g/mol. The van der Waals surface area contributed by atoms with Crippen molar-refractivity contribution in [2.75, 3.05) is 0 Å². The molecule has 0 aromatic heterocycles. The van der Waals surface area contributed by atoms with Crippen molar-refractivity contribution in [3.05, 3.63) is 27.7 Å². The van der Waals surface area contributed by atoms with Gasteiger partial charge in [-0.15, -0.1) is 0 Å². The summed E-state index contributed by atoms with van der Waals surface area (Å²) in [7, 11) is 0. The van der Waals surface area contributed by atoms with Crippen LogP contribution < -0.4 is 15.8 Å². The molecule has 0 spiro atoms. The van der Waals surface area contributed by atoms with Crippen LogP contribution >= 0.6 is 27.5 Å². The summed E-state index contributed by atoms with van der Waals surface area (Å²) in [6, 6.07) is 4.04. The lowest BCUT2D eigenvalue weighted by atomic mass is 10.3. The van der Waals surface area contributed by atoms with Gasteiger partial charge in [0.2, 0.25) is 0 Å². The zero-order valence-electron chi connectivity index (χ0n) is 8.87. The van der Waals surface area contributed by atoms with E-state index in [0.717, 1.165) is 4.47 Å². The normalized spacial score (nSPS) is 11.7. The van der Waals surface area contributed by atoms with E-state index in [2.05, 4.69) is 15.9 Å². The molecule has 0 aliphatic heterocycles. The second kappa shape index (κ2) is 5.88. The van der Waals surface area contributed by atoms with Gasteiger partial charge in [0.05, 0.1) is 5.02 Å². The number of halogens is 2. The fraction of sp³-hybridized carbons (Fsp3) is 0.200. The molecule has 0 aliphatic rings. The summed E-state index contributed by atoms with van der Waals surface area (Å²) in [4.78, 5) is 21.8. The lowest BCUT2D eigenvalue weighted by Gasteiger charge is -2.14. The molecule has 1 atom stereocenters. The molecule has 0 saturated heterocycles. The van der Waals surface area contributed by atoms with Crippen LogP contribution in [0.4, 0.5) is 4.79 Å². The molecule has 1 rings (SSSR count). The molecule has 1 aromatic carbocycles. The first kappa shape index (κ1) is 13.8. The highest BCUT2D eigenvalue weighted by Gasteiger charge is 2.17. The van der Waals surface area contributed by atoms with Crippen molar-refractivity contribution >= 4 is 39.5 Å². The quantitative estimate of drug-likeness (QED) is 0.894. The van der Waals surface area contributed by atoms with E-state index >= 15 is 0 Å². The minimum atomic E-state index is -0.924. The third kappa shape index (κ3) is 4.24. The summed E-state index contributed by atoms with van der Waals surface area (Å²) in [5.41, 5.74) is 4.82. The Hall–Kier alpha value is -1.27. The average Bonchev–Trinajstić information content (AvgIpc) is 2.21. The van der Waals surface area contributed by atoms with Crippen LogP contribution in [0.2, 0.25) is 5.02 Å². The molecule has 92 valence electrons. The Labute approximate surface area is 111 Å². The summed E-state index contributed by atoms with van der Waals surface area (Å²) in [5.74, 6) is -0.279. The third-order valence-electron chi connectivity index (χ3n) is 1.81. The highest BCUT2D eigenvalue weighted by molar-refractivity contribution is 9.10. The maximum atomic E-state index is 11.3. The van der Waals surface area contributed by atoms with Crippen LogP contribution in [0.15, 0.2) is 22.7 Å². The van der Waals surface area contributed by atoms with Crippen molar-refractivity contribution in [3.63, 3.8) is 0 Å². The van der Waals surface area contributed by atoms with E-state index in [1.807, 2.05) is 5.32 Å². The van der Waals surface area contributed by atoms with Gasteiger partial charge in [-0.1, -0.05) is 27.5 Å². The molecule has 0 fully saturated rings. The van der Waals surface area contributed by atoms with Crippen molar-refractivity contribution in [2.45, 2.75) is 13.0 Å². The Morgan fingerprint density at radius 2 is 2.18 bits per heavy atom. The molecule has 1 aromatic rings. The van der Waals surface area contributed by atoms with Gasteiger partial charge in [0, 0.05) is 4.47 Å². The van der Waals surface area contributed by atoms with Gasteiger partial charge in [-0.05, 0) is 25.1 Å². The van der Waals surface area contributed by atoms with Crippen molar-refractivity contribution in [3.8, 4) is 5.75 Å². The number of nitrogens with two attached hydrogens (primary N) is 1. The third-order valence-corrected chi connectivity index (χ3v) is 2.60. The fourth-order valence-electron chi connectivity index (χ4n) is 1.04. The molecule has 0 bridgehead atoms. The molecular weight excluding hydrogens is 311 g/mol. The summed E-state index contributed by atoms with van der Waals surface area (Å²) in [5, 5.41) is 2.28. The highest BCUT2D eigenvalue weighted by Crippen LogP contribution is 2.28. The van der Waals surface area contributed by atoms with Crippen LogP contribution in [-0.2, 0) is 4.79 Å². The number of primary amides is 1. The van der Waals surface area contributed by atoms with Crippen LogP contribution in [0.5, 0.6) is 5.75 Å². The summed E-state index contributed by atoms with van der Waals surface area (Å²) in [6.07, 6.45) is -0.874. The molecule has 3 N–H and O–H groups in total. The first-order valence-corrected chi connectivity index (χ1v) is 5.79. The number of carbonyl (C=O) groups is 2. The number of nitrogens with one attached hydrogen (secondary N) is 1. The minimum Gasteiger partial charge on any atom is -0.479 e. The van der Waals surface area contributed by atoms with E-state index in [0.29, 0.717) is 10.8 Å². The van der Waals surface area contributed by atoms with Crippen LogP contribution in [-0.4, -0.2) is 18.0 Å². The lowest BCUT2D eigenvalue weighted by Crippen LogP contribution is -2.42. The first-order valence-electron chi connectivity index (χ1n) is 4.62. The number of imide groups is 1. The largest absolute Gasteiger partial charge is 0.479 e. The number of rotatable bonds is 3. The Balaban J connectivity index is 2.70. The Morgan fingerprint density at radius 1 is 1.53 bits per heavy atom. The van der Waals surface area contributed by atoms with Crippen LogP contribution in [0.1, 0.15) is 6.92 Å². The summed E-state index contributed by atoms with van der Waals surface area (Å²) >= 11 is 9.15. The lowest BCUT2D eigenvalue weighted by molar-refractivity contribution is -0.126. The number of carbonyl (C=O) groups excluding carboxylic acids is 2. The molecule has 0 unspecified atom stereocenters. The van der Waals surface area contributed by atoms with E-state index in [4.69, 9.17) is 22.1 Å². The summed E-state index contributed by atoms with van der Waals surface area (Å²) in [6.45, 7) is 1.48. The maximum Gasteiger partial charge on any atom is 0.318 e. The Morgan fingerprint density at radius 3 is 2.71 bits per heavy atom. The minimum absolute atomic E-state index is 0.349. The molecule has 0 radical (unpaired) electrons. The van der Waals surface area contributed by atoms with E-state index < -0.39 is 18.0 Å².